The van der Waals surface area contributed by atoms with Crippen LogP contribution in [-0.4, -0.2) is 9.55 Å². The summed E-state index contributed by atoms with van der Waals surface area (Å²) in [6.07, 6.45) is 0.838. The predicted molar refractivity (Wildman–Crippen MR) is 92.5 cm³/mol. The lowest BCUT2D eigenvalue weighted by molar-refractivity contribution is 0.605. The Hall–Kier alpha value is -1.55. The molecule has 5 heteroatoms. The molecular formula is C17H17Cl2N3. The van der Waals surface area contributed by atoms with E-state index in [1.165, 1.54) is 0 Å². The Bertz CT molecular complexity index is 811. The summed E-state index contributed by atoms with van der Waals surface area (Å²) in [6.45, 7) is 2.73. The highest BCUT2D eigenvalue weighted by atomic mass is 35.5. The third kappa shape index (κ3) is 2.84. The van der Waals surface area contributed by atoms with Gasteiger partial charge in [-0.05, 0) is 36.2 Å². The van der Waals surface area contributed by atoms with Crippen LogP contribution in [0.15, 0.2) is 42.5 Å². The number of nitrogens with zero attached hydrogens (tertiary/aromatic N) is 2. The van der Waals surface area contributed by atoms with Crippen molar-refractivity contribution < 1.29 is 0 Å². The van der Waals surface area contributed by atoms with Gasteiger partial charge in [-0.1, -0.05) is 48.3 Å². The van der Waals surface area contributed by atoms with Crippen LogP contribution in [0.3, 0.4) is 0 Å². The molecule has 1 atom stereocenters. The van der Waals surface area contributed by atoms with Crippen molar-refractivity contribution in [1.29, 1.82) is 0 Å². The lowest BCUT2D eigenvalue weighted by Crippen LogP contribution is -2.16. The van der Waals surface area contributed by atoms with E-state index in [9.17, 15) is 0 Å². The smallest absolute Gasteiger partial charge is 0.127 e. The summed E-state index contributed by atoms with van der Waals surface area (Å²) in [5, 5.41) is 1.12. The summed E-state index contributed by atoms with van der Waals surface area (Å²) in [5.74, 6) is 0.898. The minimum Gasteiger partial charge on any atom is -0.322 e. The van der Waals surface area contributed by atoms with Crippen LogP contribution >= 0.6 is 23.2 Å². The van der Waals surface area contributed by atoms with E-state index in [4.69, 9.17) is 33.9 Å². The number of nitrogens with two attached hydrogens (primary N) is 1. The zero-order valence-corrected chi connectivity index (χ0v) is 13.8. The van der Waals surface area contributed by atoms with Gasteiger partial charge in [0.2, 0.25) is 0 Å². The van der Waals surface area contributed by atoms with Gasteiger partial charge >= 0.3 is 0 Å². The molecule has 0 saturated carbocycles. The highest BCUT2D eigenvalue weighted by Crippen LogP contribution is 2.26. The van der Waals surface area contributed by atoms with Crippen LogP contribution in [0.2, 0.25) is 10.0 Å². The Balaban J connectivity index is 2.09. The molecule has 0 aliphatic carbocycles. The highest BCUT2D eigenvalue weighted by molar-refractivity contribution is 6.42. The Morgan fingerprint density at radius 1 is 1.14 bits per heavy atom. The molecule has 0 fully saturated rings. The third-order valence-corrected chi connectivity index (χ3v) is 4.52. The van der Waals surface area contributed by atoms with E-state index < -0.39 is 0 Å². The van der Waals surface area contributed by atoms with Crippen LogP contribution in [0.5, 0.6) is 0 Å². The second-order valence-electron chi connectivity index (χ2n) is 5.31. The SMILES string of the molecule is CC[C@@H](N)c1nc2ccccc2n1Cc1ccc(Cl)c(Cl)c1. The first-order valence-corrected chi connectivity index (χ1v) is 8.00. The highest BCUT2D eigenvalue weighted by Gasteiger charge is 2.16. The number of rotatable bonds is 4. The predicted octanol–water partition coefficient (Wildman–Crippen LogP) is 4.80. The van der Waals surface area contributed by atoms with Crippen molar-refractivity contribution in [3.63, 3.8) is 0 Å². The van der Waals surface area contributed by atoms with Gasteiger partial charge in [0.15, 0.2) is 0 Å². The molecule has 3 aromatic rings. The van der Waals surface area contributed by atoms with E-state index in [1.54, 1.807) is 0 Å². The Morgan fingerprint density at radius 3 is 2.64 bits per heavy atom. The molecule has 0 unspecified atom stereocenters. The largest absolute Gasteiger partial charge is 0.322 e. The number of aromatic nitrogens is 2. The number of hydrogen-bond donors (Lipinski definition) is 1. The normalized spacial score (nSPS) is 12.7. The van der Waals surface area contributed by atoms with Crippen molar-refractivity contribution in [2.45, 2.75) is 25.9 Å². The van der Waals surface area contributed by atoms with E-state index >= 15 is 0 Å². The van der Waals surface area contributed by atoms with Crippen molar-refractivity contribution in [3.05, 3.63) is 63.9 Å². The van der Waals surface area contributed by atoms with Gasteiger partial charge in [0.1, 0.15) is 5.82 Å². The molecule has 0 saturated heterocycles. The van der Waals surface area contributed by atoms with Crippen molar-refractivity contribution in [2.75, 3.05) is 0 Å². The molecule has 0 bridgehead atoms. The molecule has 22 heavy (non-hydrogen) atoms. The molecule has 3 rings (SSSR count). The molecule has 0 aliphatic heterocycles. The van der Waals surface area contributed by atoms with E-state index in [0.29, 0.717) is 16.6 Å². The maximum Gasteiger partial charge on any atom is 0.127 e. The fourth-order valence-electron chi connectivity index (χ4n) is 2.55. The first kappa shape index (κ1) is 15.3. The molecule has 0 spiro atoms. The minimum absolute atomic E-state index is 0.0878. The van der Waals surface area contributed by atoms with E-state index in [2.05, 4.69) is 17.6 Å². The van der Waals surface area contributed by atoms with E-state index in [-0.39, 0.29) is 6.04 Å². The monoisotopic (exact) mass is 333 g/mol. The third-order valence-electron chi connectivity index (χ3n) is 3.78. The molecule has 2 N–H and O–H groups in total. The molecule has 3 nitrogen and oxygen atoms in total. The number of benzene rings is 2. The van der Waals surface area contributed by atoms with Crippen LogP contribution in [0.1, 0.15) is 30.8 Å². The minimum atomic E-state index is -0.0878. The number of hydrogen-bond acceptors (Lipinski definition) is 2. The van der Waals surface area contributed by atoms with Crippen molar-refractivity contribution in [1.82, 2.24) is 9.55 Å². The summed E-state index contributed by atoms with van der Waals surface area (Å²) in [6, 6.07) is 13.7. The van der Waals surface area contributed by atoms with Gasteiger partial charge in [0.05, 0.1) is 27.1 Å². The van der Waals surface area contributed by atoms with Crippen LogP contribution in [-0.2, 0) is 6.54 Å². The Kier molecular flexibility index (Phi) is 4.39. The van der Waals surface area contributed by atoms with Crippen molar-refractivity contribution in [3.8, 4) is 0 Å². The Labute approximate surface area is 139 Å². The van der Waals surface area contributed by atoms with Crippen LogP contribution in [0.4, 0.5) is 0 Å². The number of fused-ring (bicyclic) bond motifs is 1. The molecule has 0 amide bonds. The number of halogens is 2. The van der Waals surface area contributed by atoms with Gasteiger partial charge in [0.25, 0.3) is 0 Å². The fraction of sp³-hybridized carbons (Fsp3) is 0.235. The molecule has 2 aromatic carbocycles. The molecule has 0 aliphatic rings. The average Bonchev–Trinajstić information content (AvgIpc) is 2.89. The summed E-state index contributed by atoms with van der Waals surface area (Å²) in [4.78, 5) is 4.70. The lowest BCUT2D eigenvalue weighted by atomic mass is 10.2. The second kappa shape index (κ2) is 6.29. The van der Waals surface area contributed by atoms with Crippen LogP contribution in [0.25, 0.3) is 11.0 Å². The summed E-state index contributed by atoms with van der Waals surface area (Å²) in [7, 11) is 0. The molecule has 1 aromatic heterocycles. The fourth-order valence-corrected chi connectivity index (χ4v) is 2.87. The first-order valence-electron chi connectivity index (χ1n) is 7.24. The van der Waals surface area contributed by atoms with Crippen LogP contribution in [0, 0.1) is 0 Å². The van der Waals surface area contributed by atoms with Crippen molar-refractivity contribution >= 4 is 34.2 Å². The van der Waals surface area contributed by atoms with Gasteiger partial charge in [-0.25, -0.2) is 4.98 Å². The van der Waals surface area contributed by atoms with Gasteiger partial charge in [-0.15, -0.1) is 0 Å². The molecular weight excluding hydrogens is 317 g/mol. The lowest BCUT2D eigenvalue weighted by Gasteiger charge is -2.14. The topological polar surface area (TPSA) is 43.8 Å². The van der Waals surface area contributed by atoms with Crippen molar-refractivity contribution in [2.24, 2.45) is 5.73 Å². The quantitative estimate of drug-likeness (QED) is 0.745. The maximum atomic E-state index is 6.24. The van der Waals surface area contributed by atoms with E-state index in [1.807, 2.05) is 36.4 Å². The molecule has 1 heterocycles. The van der Waals surface area contributed by atoms with Gasteiger partial charge in [-0.3, -0.25) is 0 Å². The summed E-state index contributed by atoms with van der Waals surface area (Å²) in [5.41, 5.74) is 9.34. The van der Waals surface area contributed by atoms with Crippen LogP contribution < -0.4 is 5.73 Å². The first-order chi connectivity index (χ1) is 10.6. The Morgan fingerprint density at radius 2 is 1.91 bits per heavy atom. The number of para-hydroxylation sites is 2. The zero-order valence-electron chi connectivity index (χ0n) is 12.3. The van der Waals surface area contributed by atoms with E-state index in [0.717, 1.165) is 28.8 Å². The molecule has 0 radical (unpaired) electrons. The summed E-state index contributed by atoms with van der Waals surface area (Å²) < 4.78 is 2.16. The molecule has 114 valence electrons. The van der Waals surface area contributed by atoms with Gasteiger partial charge in [-0.2, -0.15) is 0 Å². The number of imidazole rings is 1. The van der Waals surface area contributed by atoms with Gasteiger partial charge < -0.3 is 10.3 Å². The average molecular weight is 334 g/mol. The second-order valence-corrected chi connectivity index (χ2v) is 6.12. The standard InChI is InChI=1S/C17H17Cl2N3/c1-2-14(20)17-21-15-5-3-4-6-16(15)22(17)10-11-7-8-12(18)13(19)9-11/h3-9,14H,2,10,20H2,1H3/t14-/m1/s1. The zero-order chi connectivity index (χ0) is 15.7. The summed E-state index contributed by atoms with van der Waals surface area (Å²) >= 11 is 12.1. The maximum absolute atomic E-state index is 6.24. The van der Waals surface area contributed by atoms with Gasteiger partial charge in [0, 0.05) is 6.54 Å².